The van der Waals surface area contributed by atoms with E-state index in [1.165, 1.54) is 6.92 Å². The van der Waals surface area contributed by atoms with Crippen LogP contribution in [-0.2, 0) is 29.2 Å². The first kappa shape index (κ1) is 36.6. The molecule has 7 atom stereocenters. The van der Waals surface area contributed by atoms with Crippen molar-refractivity contribution in [3.05, 3.63) is 0 Å². The van der Waals surface area contributed by atoms with E-state index in [0.29, 0.717) is 12.6 Å². The molecule has 0 aromatic heterocycles. The van der Waals surface area contributed by atoms with E-state index >= 15 is 0 Å². The van der Waals surface area contributed by atoms with E-state index in [4.69, 9.17) is 0 Å². The molecule has 0 bridgehead atoms. The Bertz CT molecular complexity index is 1210. The Balaban J connectivity index is 1.54. The van der Waals surface area contributed by atoms with Crippen molar-refractivity contribution >= 4 is 33.7 Å². The van der Waals surface area contributed by atoms with Gasteiger partial charge in [0.25, 0.3) is 0 Å². The molecule has 262 valence electrons. The Morgan fingerprint density at radius 3 is 2.13 bits per heavy atom. The first-order valence-corrected chi connectivity index (χ1v) is 19.4. The van der Waals surface area contributed by atoms with E-state index in [-0.39, 0.29) is 35.7 Å². The molecule has 0 radical (unpaired) electrons. The lowest BCUT2D eigenvalue weighted by atomic mass is 9.82. The van der Waals surface area contributed by atoms with E-state index in [9.17, 15) is 27.6 Å². The lowest BCUT2D eigenvalue weighted by Gasteiger charge is -2.38. The van der Waals surface area contributed by atoms with Gasteiger partial charge in [-0.1, -0.05) is 59.8 Å². The Labute approximate surface area is 275 Å². The molecule has 46 heavy (non-hydrogen) atoms. The van der Waals surface area contributed by atoms with E-state index in [1.807, 2.05) is 20.8 Å². The molecule has 0 spiro atoms. The highest BCUT2D eigenvalue weighted by atomic mass is 32.2. The molecule has 1 heterocycles. The van der Waals surface area contributed by atoms with Crippen molar-refractivity contribution in [3.63, 3.8) is 0 Å². The van der Waals surface area contributed by atoms with Crippen LogP contribution in [0.2, 0.25) is 0 Å². The highest BCUT2D eigenvalue weighted by molar-refractivity contribution is 7.88. The average molecular weight is 667 g/mol. The fourth-order valence-corrected chi connectivity index (χ4v) is 8.46. The molecule has 4 aliphatic rings. The lowest BCUT2D eigenvalue weighted by molar-refractivity contribution is -0.145. The predicted octanol–water partition coefficient (Wildman–Crippen LogP) is 2.14. The largest absolute Gasteiger partial charge is 0.343 e. The molecule has 1 saturated heterocycles. The van der Waals surface area contributed by atoms with Crippen molar-refractivity contribution in [1.29, 1.82) is 0 Å². The molecular weight excluding hydrogens is 608 g/mol. The summed E-state index contributed by atoms with van der Waals surface area (Å²) in [6, 6.07) is -3.09. The summed E-state index contributed by atoms with van der Waals surface area (Å²) in [5.41, 5.74) is -0.685. The van der Waals surface area contributed by atoms with Gasteiger partial charge in [0.15, 0.2) is 0 Å². The molecule has 0 aromatic carbocycles. The van der Waals surface area contributed by atoms with Gasteiger partial charge in [-0.3, -0.25) is 24.5 Å². The standard InChI is InChI=1S/C33H58N6O6S/c1-7-12-25(34-23-17-18-23)35-31(42)27-24-16-11-15-22(24)19-39(27)32(43)28(33(3,4)5)37-30(41)26(21-13-9-8-10-14-21)36-29(40)20(2)38-46(6,44)45/h20-28,34,38H,7-19H2,1-6H3,(H,35,42)(H,36,40)(H,37,41)/t20-,22+,24+,25+,26+,27+,28-/m1/s1. The van der Waals surface area contributed by atoms with E-state index in [2.05, 4.69) is 32.9 Å². The van der Waals surface area contributed by atoms with Gasteiger partial charge in [0, 0.05) is 12.6 Å². The van der Waals surface area contributed by atoms with Crippen molar-refractivity contribution in [2.75, 3.05) is 12.8 Å². The zero-order valence-corrected chi connectivity index (χ0v) is 29.5. The minimum absolute atomic E-state index is 0.0848. The Morgan fingerprint density at radius 2 is 1.54 bits per heavy atom. The maximum absolute atomic E-state index is 14.5. The number of carbonyl (C=O) groups excluding carboxylic acids is 4. The van der Waals surface area contributed by atoms with Crippen LogP contribution in [0.1, 0.15) is 112 Å². The quantitative estimate of drug-likeness (QED) is 0.177. The topological polar surface area (TPSA) is 166 Å². The first-order chi connectivity index (χ1) is 21.6. The summed E-state index contributed by atoms with van der Waals surface area (Å²) >= 11 is 0. The number of fused-ring (bicyclic) bond motifs is 1. The minimum Gasteiger partial charge on any atom is -0.343 e. The number of hydrogen-bond acceptors (Lipinski definition) is 7. The highest BCUT2D eigenvalue weighted by Crippen LogP contribution is 2.43. The number of sulfonamides is 1. The third kappa shape index (κ3) is 9.65. The molecule has 3 saturated carbocycles. The molecule has 0 aromatic rings. The SMILES string of the molecule is CCC[C@H](NC(=O)[C@@H]1[C@H]2CCC[C@H]2CN1C(=O)[C@@H](NC(=O)[C@@H](NC(=O)[C@@H](C)NS(C)(=O)=O)C1CCCCC1)C(C)(C)C)NC1CC1. The number of likely N-dealkylation sites (tertiary alicyclic amines) is 1. The van der Waals surface area contributed by atoms with E-state index in [1.54, 1.807) is 4.90 Å². The summed E-state index contributed by atoms with van der Waals surface area (Å²) in [7, 11) is -3.64. The van der Waals surface area contributed by atoms with Crippen LogP contribution < -0.4 is 26.0 Å². The van der Waals surface area contributed by atoms with Crippen LogP contribution in [0.3, 0.4) is 0 Å². The number of nitrogens with zero attached hydrogens (tertiary/aromatic N) is 1. The number of carbonyl (C=O) groups is 4. The molecule has 4 rings (SSSR count). The second-order valence-electron chi connectivity index (χ2n) is 15.4. The van der Waals surface area contributed by atoms with Gasteiger partial charge < -0.3 is 20.9 Å². The number of nitrogens with one attached hydrogen (secondary N) is 5. The van der Waals surface area contributed by atoms with Crippen molar-refractivity contribution in [2.45, 2.75) is 148 Å². The molecule has 12 nitrogen and oxygen atoms in total. The molecule has 3 aliphatic carbocycles. The summed E-state index contributed by atoms with van der Waals surface area (Å²) in [5, 5.41) is 12.6. The third-order valence-corrected chi connectivity index (χ3v) is 11.0. The van der Waals surface area contributed by atoms with Gasteiger partial charge in [-0.15, -0.1) is 0 Å². The third-order valence-electron chi connectivity index (χ3n) is 10.2. The molecule has 4 amide bonds. The van der Waals surface area contributed by atoms with Crippen LogP contribution in [0, 0.1) is 23.2 Å². The van der Waals surface area contributed by atoms with Crippen LogP contribution in [0.4, 0.5) is 0 Å². The van der Waals surface area contributed by atoms with Crippen molar-refractivity contribution < 1.29 is 27.6 Å². The van der Waals surface area contributed by atoms with Crippen molar-refractivity contribution in [1.82, 2.24) is 30.9 Å². The maximum atomic E-state index is 14.5. The summed E-state index contributed by atoms with van der Waals surface area (Å²) in [4.78, 5) is 57.4. The Kier molecular flexibility index (Phi) is 12.2. The fourth-order valence-electron chi connectivity index (χ4n) is 7.71. The highest BCUT2D eigenvalue weighted by Gasteiger charge is 2.52. The smallest absolute Gasteiger partial charge is 0.246 e. The van der Waals surface area contributed by atoms with Crippen LogP contribution in [0.15, 0.2) is 0 Å². The van der Waals surface area contributed by atoms with Crippen LogP contribution in [0.5, 0.6) is 0 Å². The normalized spacial score (nSPS) is 26.5. The summed E-state index contributed by atoms with van der Waals surface area (Å²) in [6.45, 7) is 9.69. The Morgan fingerprint density at radius 1 is 0.870 bits per heavy atom. The van der Waals surface area contributed by atoms with Gasteiger partial charge in [0.2, 0.25) is 33.7 Å². The maximum Gasteiger partial charge on any atom is 0.246 e. The van der Waals surface area contributed by atoms with Gasteiger partial charge in [-0.2, -0.15) is 0 Å². The van der Waals surface area contributed by atoms with Crippen LogP contribution >= 0.6 is 0 Å². The summed E-state index contributed by atoms with van der Waals surface area (Å²) < 4.78 is 25.8. The van der Waals surface area contributed by atoms with Crippen molar-refractivity contribution in [2.24, 2.45) is 23.2 Å². The fraction of sp³-hybridized carbons (Fsp3) is 0.879. The summed E-state index contributed by atoms with van der Waals surface area (Å²) in [5.74, 6) is -1.28. The molecule has 13 heteroatoms. The predicted molar refractivity (Wildman–Crippen MR) is 177 cm³/mol. The van der Waals surface area contributed by atoms with E-state index < -0.39 is 51.4 Å². The zero-order valence-electron chi connectivity index (χ0n) is 28.7. The second-order valence-corrected chi connectivity index (χ2v) is 17.2. The lowest BCUT2D eigenvalue weighted by Crippen LogP contribution is -2.63. The van der Waals surface area contributed by atoms with E-state index in [0.717, 1.165) is 83.3 Å². The molecule has 5 N–H and O–H groups in total. The van der Waals surface area contributed by atoms with Gasteiger partial charge in [-0.25, -0.2) is 13.1 Å². The number of hydrogen-bond donors (Lipinski definition) is 5. The van der Waals surface area contributed by atoms with Crippen molar-refractivity contribution in [3.8, 4) is 0 Å². The average Bonchev–Trinajstić information content (AvgIpc) is 3.53. The number of rotatable bonds is 14. The Hall–Kier alpha value is -2.25. The van der Waals surface area contributed by atoms with Gasteiger partial charge >= 0.3 is 0 Å². The molecule has 1 aliphatic heterocycles. The van der Waals surface area contributed by atoms with Crippen LogP contribution in [-0.4, -0.2) is 86.1 Å². The molecule has 0 unspecified atom stereocenters. The monoisotopic (exact) mass is 666 g/mol. The number of amides is 4. The minimum atomic E-state index is -3.64. The van der Waals surface area contributed by atoms with Gasteiger partial charge in [-0.05, 0) is 75.0 Å². The second kappa shape index (κ2) is 15.3. The zero-order chi connectivity index (χ0) is 33.8. The molecule has 4 fully saturated rings. The van der Waals surface area contributed by atoms with Gasteiger partial charge in [0.05, 0.1) is 18.5 Å². The van der Waals surface area contributed by atoms with Gasteiger partial charge in [0.1, 0.15) is 18.1 Å². The molecular formula is C33H58N6O6S. The van der Waals surface area contributed by atoms with Crippen LogP contribution in [0.25, 0.3) is 0 Å². The summed E-state index contributed by atoms with van der Waals surface area (Å²) in [6.07, 6.45) is 12.1. The first-order valence-electron chi connectivity index (χ1n) is 17.5.